The van der Waals surface area contributed by atoms with Crippen molar-refractivity contribution < 1.29 is 14.5 Å². The number of hydrogen-bond donors (Lipinski definition) is 2. The van der Waals surface area contributed by atoms with Crippen LogP contribution in [0, 0.1) is 10.1 Å². The van der Waals surface area contributed by atoms with Gasteiger partial charge in [-0.1, -0.05) is 0 Å². The Balaban J connectivity index is 2.28. The fraction of sp³-hybridized carbons (Fsp3) is 0.385. The molecule has 2 N–H and O–H groups in total. The fourth-order valence-corrected chi connectivity index (χ4v) is 2.25. The molecule has 2 rings (SSSR count). The van der Waals surface area contributed by atoms with Gasteiger partial charge in [0.1, 0.15) is 0 Å². The predicted molar refractivity (Wildman–Crippen MR) is 75.7 cm³/mol. The van der Waals surface area contributed by atoms with E-state index in [4.69, 9.17) is 0 Å². The molecule has 1 fully saturated rings. The van der Waals surface area contributed by atoms with Crippen LogP contribution in [-0.4, -0.2) is 41.3 Å². The van der Waals surface area contributed by atoms with Crippen molar-refractivity contribution in [3.63, 3.8) is 0 Å². The Kier molecular flexibility index (Phi) is 4.18. The highest BCUT2D eigenvalue weighted by Gasteiger charge is 2.30. The second-order valence-electron chi connectivity index (χ2n) is 4.84. The van der Waals surface area contributed by atoms with E-state index < -0.39 is 11.0 Å². The van der Waals surface area contributed by atoms with E-state index in [1.165, 1.54) is 12.1 Å². The minimum atomic E-state index is -0.472. The van der Waals surface area contributed by atoms with Crippen LogP contribution in [0.4, 0.5) is 11.4 Å². The summed E-state index contributed by atoms with van der Waals surface area (Å²) in [7, 11) is 1.71. The predicted octanol–water partition coefficient (Wildman–Crippen LogP) is 0.483. The van der Waals surface area contributed by atoms with Crippen LogP contribution in [0.3, 0.4) is 0 Å². The first-order valence-corrected chi connectivity index (χ1v) is 6.45. The molecule has 1 aliphatic rings. The zero-order valence-electron chi connectivity index (χ0n) is 11.8. The van der Waals surface area contributed by atoms with Gasteiger partial charge in [-0.25, -0.2) is 0 Å². The topological polar surface area (TPSA) is 105 Å². The number of imide groups is 1. The second kappa shape index (κ2) is 5.88. The number of non-ortho nitro benzene ring substituents is 1. The van der Waals surface area contributed by atoms with Crippen molar-refractivity contribution in [1.82, 2.24) is 10.2 Å². The Morgan fingerprint density at radius 1 is 1.48 bits per heavy atom. The minimum absolute atomic E-state index is 0.0237. The van der Waals surface area contributed by atoms with E-state index >= 15 is 0 Å². The van der Waals surface area contributed by atoms with Crippen molar-refractivity contribution in [2.24, 2.45) is 0 Å². The zero-order chi connectivity index (χ0) is 15.6. The third-order valence-corrected chi connectivity index (χ3v) is 3.48. The van der Waals surface area contributed by atoms with Gasteiger partial charge >= 0.3 is 0 Å². The van der Waals surface area contributed by atoms with Gasteiger partial charge in [0.2, 0.25) is 11.8 Å². The van der Waals surface area contributed by atoms with Crippen LogP contribution in [0.2, 0.25) is 0 Å². The summed E-state index contributed by atoms with van der Waals surface area (Å²) >= 11 is 0. The molecular weight excluding hydrogens is 276 g/mol. The van der Waals surface area contributed by atoms with Gasteiger partial charge in [-0.3, -0.25) is 29.9 Å². The first-order chi connectivity index (χ1) is 9.92. The number of hydrogen-bond acceptors (Lipinski definition) is 6. The van der Waals surface area contributed by atoms with E-state index in [-0.39, 0.29) is 30.6 Å². The average Bonchev–Trinajstić information content (AvgIpc) is 2.44. The first-order valence-electron chi connectivity index (χ1n) is 6.45. The lowest BCUT2D eigenvalue weighted by atomic mass is 10.1. The van der Waals surface area contributed by atoms with E-state index in [0.29, 0.717) is 5.56 Å². The van der Waals surface area contributed by atoms with Crippen molar-refractivity contribution in [3.8, 4) is 0 Å². The lowest BCUT2D eigenvalue weighted by molar-refractivity contribution is -0.384. The number of carbonyl (C=O) groups is 2. The van der Waals surface area contributed by atoms with Crippen LogP contribution in [0.5, 0.6) is 0 Å². The zero-order valence-corrected chi connectivity index (χ0v) is 11.8. The summed E-state index contributed by atoms with van der Waals surface area (Å²) < 4.78 is 0. The Hall–Kier alpha value is -2.48. The number of rotatable bonds is 4. The molecule has 0 radical (unpaired) electrons. The number of benzene rings is 1. The maximum Gasteiger partial charge on any atom is 0.269 e. The maximum atomic E-state index is 11.6. The van der Waals surface area contributed by atoms with Gasteiger partial charge in [0.05, 0.1) is 17.5 Å². The molecule has 21 heavy (non-hydrogen) atoms. The number of nitro groups is 1. The van der Waals surface area contributed by atoms with E-state index in [0.717, 1.165) is 5.69 Å². The molecule has 0 bridgehead atoms. The molecule has 0 saturated carbocycles. The van der Waals surface area contributed by atoms with Crippen molar-refractivity contribution in [3.05, 3.63) is 33.9 Å². The Bertz CT molecular complexity index is 602. The number of nitrogens with one attached hydrogen (secondary N) is 2. The molecule has 1 unspecified atom stereocenters. The molecule has 0 spiro atoms. The molecule has 0 aliphatic carbocycles. The smallest absolute Gasteiger partial charge is 0.269 e. The van der Waals surface area contributed by atoms with Gasteiger partial charge < -0.3 is 5.32 Å². The van der Waals surface area contributed by atoms with Crippen LogP contribution in [0.1, 0.15) is 12.5 Å². The highest BCUT2D eigenvalue weighted by Crippen LogP contribution is 2.24. The number of piperazine rings is 1. The molecule has 1 aromatic rings. The van der Waals surface area contributed by atoms with Crippen LogP contribution >= 0.6 is 0 Å². The molecular formula is C13H16N4O4. The van der Waals surface area contributed by atoms with Crippen LogP contribution in [0.15, 0.2) is 18.2 Å². The Morgan fingerprint density at radius 3 is 2.81 bits per heavy atom. The number of carbonyl (C=O) groups excluding carboxylic acids is 2. The molecule has 112 valence electrons. The summed E-state index contributed by atoms with van der Waals surface area (Å²) in [5.41, 5.74) is 1.37. The van der Waals surface area contributed by atoms with E-state index in [1.54, 1.807) is 24.9 Å². The molecule has 1 atom stereocenters. The van der Waals surface area contributed by atoms with Gasteiger partial charge in [0, 0.05) is 31.4 Å². The largest absolute Gasteiger partial charge is 0.388 e. The Morgan fingerprint density at radius 2 is 2.19 bits per heavy atom. The fourth-order valence-electron chi connectivity index (χ4n) is 2.25. The Labute approximate surface area is 121 Å². The third kappa shape index (κ3) is 3.16. The summed E-state index contributed by atoms with van der Waals surface area (Å²) in [4.78, 5) is 35.2. The van der Waals surface area contributed by atoms with Gasteiger partial charge in [-0.15, -0.1) is 0 Å². The van der Waals surface area contributed by atoms with Gasteiger partial charge in [0.15, 0.2) is 0 Å². The SMILES string of the molecule is CNc1ccc([N+](=O)[O-])cc1CN1CC(=O)NC(=O)C1C. The minimum Gasteiger partial charge on any atom is -0.388 e. The van der Waals surface area contributed by atoms with Gasteiger partial charge in [-0.05, 0) is 18.6 Å². The van der Waals surface area contributed by atoms with Crippen LogP contribution < -0.4 is 10.6 Å². The number of amides is 2. The highest BCUT2D eigenvalue weighted by molar-refractivity contribution is 6.00. The molecule has 0 aromatic heterocycles. The summed E-state index contributed by atoms with van der Waals surface area (Å²) in [6.07, 6.45) is 0. The lowest BCUT2D eigenvalue weighted by Crippen LogP contribution is -2.56. The van der Waals surface area contributed by atoms with Gasteiger partial charge in [0.25, 0.3) is 5.69 Å². The molecule has 1 heterocycles. The summed E-state index contributed by atoms with van der Waals surface area (Å²) in [5.74, 6) is -0.725. The van der Waals surface area contributed by atoms with E-state index in [9.17, 15) is 19.7 Å². The van der Waals surface area contributed by atoms with E-state index in [2.05, 4.69) is 10.6 Å². The van der Waals surface area contributed by atoms with E-state index in [1.807, 2.05) is 0 Å². The quantitative estimate of drug-likeness (QED) is 0.475. The number of anilines is 1. The summed E-state index contributed by atoms with van der Waals surface area (Å²) in [5, 5.41) is 16.1. The molecule has 8 heteroatoms. The standard InChI is InChI=1S/C13H16N4O4/c1-8-13(19)15-12(18)7-16(8)6-9-5-10(17(20)21)3-4-11(9)14-2/h3-5,8,14H,6-7H2,1-2H3,(H,15,18,19). The summed E-state index contributed by atoms with van der Waals surface area (Å²) in [6.45, 7) is 2.05. The number of nitrogens with zero attached hydrogens (tertiary/aromatic N) is 2. The second-order valence-corrected chi connectivity index (χ2v) is 4.84. The highest BCUT2D eigenvalue weighted by atomic mass is 16.6. The molecule has 1 aromatic carbocycles. The number of nitro benzene ring substituents is 1. The average molecular weight is 292 g/mol. The van der Waals surface area contributed by atoms with Crippen molar-refractivity contribution in [2.45, 2.75) is 19.5 Å². The summed E-state index contributed by atoms with van der Waals surface area (Å²) in [6, 6.07) is 4.01. The normalized spacial score (nSPS) is 19.2. The van der Waals surface area contributed by atoms with Gasteiger partial charge in [-0.2, -0.15) is 0 Å². The molecule has 8 nitrogen and oxygen atoms in total. The van der Waals surface area contributed by atoms with Crippen LogP contribution in [0.25, 0.3) is 0 Å². The molecule has 2 amide bonds. The molecule has 1 saturated heterocycles. The lowest BCUT2D eigenvalue weighted by Gasteiger charge is -2.31. The van der Waals surface area contributed by atoms with Crippen LogP contribution in [-0.2, 0) is 16.1 Å². The van der Waals surface area contributed by atoms with Crippen molar-refractivity contribution >= 4 is 23.2 Å². The molecule has 1 aliphatic heterocycles. The maximum absolute atomic E-state index is 11.6. The monoisotopic (exact) mass is 292 g/mol. The first kappa shape index (κ1) is 14.9. The third-order valence-electron chi connectivity index (χ3n) is 3.48. The van der Waals surface area contributed by atoms with Crippen molar-refractivity contribution in [1.29, 1.82) is 0 Å². The van der Waals surface area contributed by atoms with Crippen molar-refractivity contribution in [2.75, 3.05) is 18.9 Å².